The van der Waals surface area contributed by atoms with Crippen LogP contribution in [0.2, 0.25) is 0 Å². The molecular formula is C22H21N3O2. The molecule has 0 fully saturated rings. The summed E-state index contributed by atoms with van der Waals surface area (Å²) in [7, 11) is 1.64. The van der Waals surface area contributed by atoms with E-state index in [0.29, 0.717) is 12.1 Å². The molecule has 0 saturated carbocycles. The lowest BCUT2D eigenvalue weighted by molar-refractivity contribution is 0.0727. The van der Waals surface area contributed by atoms with Crippen molar-refractivity contribution in [1.82, 2.24) is 9.88 Å². The van der Waals surface area contributed by atoms with E-state index in [4.69, 9.17) is 4.74 Å². The van der Waals surface area contributed by atoms with E-state index in [1.807, 2.05) is 66.4 Å². The molecular weight excluding hydrogens is 338 g/mol. The lowest BCUT2D eigenvalue weighted by atomic mass is 10.1. The molecule has 1 aromatic heterocycles. The standard InChI is InChI=1S/C22H21N3O2/c1-15-6-3-4-8-19(15)24-21-20-18(7-5-13-23-20)22(26)25(21)14-16-9-11-17(27-2)12-10-16/h3-13,21,24H,14H2,1-2H3/t21-/m0/s1. The van der Waals surface area contributed by atoms with E-state index >= 15 is 0 Å². The fourth-order valence-electron chi connectivity index (χ4n) is 3.35. The number of ether oxygens (including phenoxy) is 1. The van der Waals surface area contributed by atoms with Crippen molar-refractivity contribution in [3.8, 4) is 5.75 Å². The Balaban J connectivity index is 1.67. The molecule has 2 aromatic carbocycles. The summed E-state index contributed by atoms with van der Waals surface area (Å²) in [6.07, 6.45) is 1.42. The Kier molecular flexibility index (Phi) is 4.50. The van der Waals surface area contributed by atoms with E-state index in [1.165, 1.54) is 0 Å². The van der Waals surface area contributed by atoms with Gasteiger partial charge in [0.05, 0.1) is 18.4 Å². The zero-order valence-electron chi connectivity index (χ0n) is 15.3. The van der Waals surface area contributed by atoms with Crippen molar-refractivity contribution in [3.05, 3.63) is 89.2 Å². The van der Waals surface area contributed by atoms with Crippen molar-refractivity contribution in [2.75, 3.05) is 12.4 Å². The molecule has 136 valence electrons. The van der Waals surface area contributed by atoms with Gasteiger partial charge in [-0.3, -0.25) is 9.78 Å². The summed E-state index contributed by atoms with van der Waals surface area (Å²) < 4.78 is 5.22. The second-order valence-electron chi connectivity index (χ2n) is 6.58. The number of hydrogen-bond donors (Lipinski definition) is 1. The van der Waals surface area contributed by atoms with Crippen molar-refractivity contribution in [3.63, 3.8) is 0 Å². The van der Waals surface area contributed by atoms with E-state index in [9.17, 15) is 4.79 Å². The number of methoxy groups -OCH3 is 1. The third kappa shape index (κ3) is 3.24. The van der Waals surface area contributed by atoms with Gasteiger partial charge >= 0.3 is 0 Å². The van der Waals surface area contributed by atoms with Crippen molar-refractivity contribution < 1.29 is 9.53 Å². The van der Waals surface area contributed by atoms with Gasteiger partial charge < -0.3 is 15.0 Å². The summed E-state index contributed by atoms with van der Waals surface area (Å²) in [5, 5.41) is 3.51. The zero-order chi connectivity index (χ0) is 18.8. The Morgan fingerprint density at radius 1 is 1.07 bits per heavy atom. The minimum Gasteiger partial charge on any atom is -0.497 e. The summed E-state index contributed by atoms with van der Waals surface area (Å²) in [6, 6.07) is 19.5. The lowest BCUT2D eigenvalue weighted by Crippen LogP contribution is -2.32. The average molecular weight is 359 g/mol. The lowest BCUT2D eigenvalue weighted by Gasteiger charge is -2.27. The molecule has 0 saturated heterocycles. The largest absolute Gasteiger partial charge is 0.497 e. The van der Waals surface area contributed by atoms with Gasteiger partial charge in [0.2, 0.25) is 0 Å². The van der Waals surface area contributed by atoms with E-state index in [2.05, 4.69) is 10.3 Å². The van der Waals surface area contributed by atoms with Crippen LogP contribution in [-0.2, 0) is 6.54 Å². The highest BCUT2D eigenvalue weighted by molar-refractivity contribution is 5.98. The highest BCUT2D eigenvalue weighted by Gasteiger charge is 2.38. The molecule has 1 N–H and O–H groups in total. The normalized spacial score (nSPS) is 15.6. The predicted molar refractivity (Wildman–Crippen MR) is 105 cm³/mol. The summed E-state index contributed by atoms with van der Waals surface area (Å²) in [5.74, 6) is 0.783. The first-order valence-electron chi connectivity index (χ1n) is 8.88. The SMILES string of the molecule is COc1ccc(CN2C(=O)c3cccnc3[C@H]2Nc2ccccc2C)cc1. The number of anilines is 1. The first-order valence-corrected chi connectivity index (χ1v) is 8.88. The Labute approximate surface area is 158 Å². The number of benzene rings is 2. The number of aromatic nitrogens is 1. The number of aryl methyl sites for hydroxylation is 1. The van der Waals surface area contributed by atoms with Crippen molar-refractivity contribution in [2.45, 2.75) is 19.6 Å². The zero-order valence-corrected chi connectivity index (χ0v) is 15.3. The summed E-state index contributed by atoms with van der Waals surface area (Å²) in [5.41, 5.74) is 4.57. The van der Waals surface area contributed by atoms with Gasteiger partial charge in [-0.15, -0.1) is 0 Å². The van der Waals surface area contributed by atoms with Crippen LogP contribution < -0.4 is 10.1 Å². The first kappa shape index (κ1) is 17.1. The van der Waals surface area contributed by atoms with Gasteiger partial charge in [-0.05, 0) is 48.4 Å². The molecule has 1 aliphatic rings. The van der Waals surface area contributed by atoms with Crippen LogP contribution in [0, 0.1) is 6.92 Å². The number of fused-ring (bicyclic) bond motifs is 1. The van der Waals surface area contributed by atoms with Crippen LogP contribution in [0.4, 0.5) is 5.69 Å². The number of amides is 1. The van der Waals surface area contributed by atoms with Crippen LogP contribution in [-0.4, -0.2) is 22.9 Å². The van der Waals surface area contributed by atoms with Gasteiger partial charge in [-0.2, -0.15) is 0 Å². The van der Waals surface area contributed by atoms with Crippen molar-refractivity contribution in [2.24, 2.45) is 0 Å². The molecule has 1 atom stereocenters. The monoisotopic (exact) mass is 359 g/mol. The Hall–Kier alpha value is -3.34. The smallest absolute Gasteiger partial charge is 0.258 e. The summed E-state index contributed by atoms with van der Waals surface area (Å²) in [6.45, 7) is 2.54. The Bertz CT molecular complexity index is 969. The van der Waals surface area contributed by atoms with Gasteiger partial charge in [0, 0.05) is 18.4 Å². The van der Waals surface area contributed by atoms with Crippen LogP contribution in [0.1, 0.15) is 33.3 Å². The average Bonchev–Trinajstić information content (AvgIpc) is 2.96. The van der Waals surface area contributed by atoms with Gasteiger partial charge in [-0.25, -0.2) is 0 Å². The third-order valence-electron chi connectivity index (χ3n) is 4.85. The molecule has 3 aromatic rings. The minimum absolute atomic E-state index is 0.0139. The van der Waals surface area contributed by atoms with E-state index in [-0.39, 0.29) is 12.1 Å². The van der Waals surface area contributed by atoms with Crippen molar-refractivity contribution >= 4 is 11.6 Å². The Morgan fingerprint density at radius 3 is 2.59 bits per heavy atom. The van der Waals surface area contributed by atoms with Crippen LogP contribution in [0.5, 0.6) is 5.75 Å². The number of para-hydroxylation sites is 1. The van der Waals surface area contributed by atoms with Crippen LogP contribution in [0.3, 0.4) is 0 Å². The maximum Gasteiger partial charge on any atom is 0.258 e. The highest BCUT2D eigenvalue weighted by atomic mass is 16.5. The molecule has 5 nitrogen and oxygen atoms in total. The number of carbonyl (C=O) groups excluding carboxylic acids is 1. The molecule has 0 spiro atoms. The molecule has 1 amide bonds. The van der Waals surface area contributed by atoms with Crippen LogP contribution in [0.25, 0.3) is 0 Å². The molecule has 1 aliphatic heterocycles. The summed E-state index contributed by atoms with van der Waals surface area (Å²) in [4.78, 5) is 19.3. The maximum absolute atomic E-state index is 13.0. The number of rotatable bonds is 5. The molecule has 2 heterocycles. The molecule has 0 radical (unpaired) electrons. The predicted octanol–water partition coefficient (Wildman–Crippen LogP) is 4.17. The second-order valence-corrected chi connectivity index (χ2v) is 6.58. The number of nitrogens with one attached hydrogen (secondary N) is 1. The van der Waals surface area contributed by atoms with Gasteiger partial charge in [0.1, 0.15) is 11.9 Å². The van der Waals surface area contributed by atoms with Crippen molar-refractivity contribution in [1.29, 1.82) is 0 Å². The van der Waals surface area contributed by atoms with Crippen LogP contribution >= 0.6 is 0 Å². The molecule has 0 aliphatic carbocycles. The number of pyridine rings is 1. The molecule has 4 rings (SSSR count). The maximum atomic E-state index is 13.0. The summed E-state index contributed by atoms with van der Waals surface area (Å²) >= 11 is 0. The quantitative estimate of drug-likeness (QED) is 0.743. The topological polar surface area (TPSA) is 54.5 Å². The number of hydrogen-bond acceptors (Lipinski definition) is 4. The molecule has 27 heavy (non-hydrogen) atoms. The molecule has 0 unspecified atom stereocenters. The fraction of sp³-hybridized carbons (Fsp3) is 0.182. The highest BCUT2D eigenvalue weighted by Crippen LogP contribution is 2.34. The Morgan fingerprint density at radius 2 is 1.85 bits per heavy atom. The number of nitrogens with zero attached hydrogens (tertiary/aromatic N) is 2. The molecule has 5 heteroatoms. The van der Waals surface area contributed by atoms with E-state index in [0.717, 1.165) is 28.3 Å². The van der Waals surface area contributed by atoms with E-state index < -0.39 is 0 Å². The fourth-order valence-corrected chi connectivity index (χ4v) is 3.35. The van der Waals surface area contributed by atoms with Crippen LogP contribution in [0.15, 0.2) is 66.9 Å². The van der Waals surface area contributed by atoms with Gasteiger partial charge in [-0.1, -0.05) is 30.3 Å². The van der Waals surface area contributed by atoms with E-state index in [1.54, 1.807) is 19.4 Å². The minimum atomic E-state index is -0.308. The van der Waals surface area contributed by atoms with Gasteiger partial charge in [0.25, 0.3) is 5.91 Å². The first-order chi connectivity index (χ1) is 13.2. The molecule has 0 bridgehead atoms. The number of carbonyl (C=O) groups is 1. The van der Waals surface area contributed by atoms with Gasteiger partial charge in [0.15, 0.2) is 0 Å². The second kappa shape index (κ2) is 7.11. The third-order valence-corrected chi connectivity index (χ3v) is 4.85.